The van der Waals surface area contributed by atoms with Gasteiger partial charge in [-0.05, 0) is 57.9 Å². The Hall–Kier alpha value is -0.340. The molecule has 0 heterocycles. The van der Waals surface area contributed by atoms with Gasteiger partial charge in [0.25, 0.3) is 0 Å². The second-order valence-electron chi connectivity index (χ2n) is 6.73. The van der Waals surface area contributed by atoms with E-state index in [4.69, 9.17) is 4.74 Å². The summed E-state index contributed by atoms with van der Waals surface area (Å²) in [7, 11) is 0. The third kappa shape index (κ3) is 2.62. The Morgan fingerprint density at radius 2 is 2.11 bits per heavy atom. The summed E-state index contributed by atoms with van der Waals surface area (Å²) in [6.45, 7) is 4.24. The molecular weight excluding hydrogens is 234 g/mol. The van der Waals surface area contributed by atoms with Crippen molar-refractivity contribution in [3.63, 3.8) is 0 Å². The maximum absolute atomic E-state index is 5.99. The van der Waals surface area contributed by atoms with Gasteiger partial charge in [-0.2, -0.15) is 0 Å². The van der Waals surface area contributed by atoms with Gasteiger partial charge in [-0.3, -0.25) is 0 Å². The van der Waals surface area contributed by atoms with E-state index < -0.39 is 0 Å². The molecule has 0 aromatic rings. The molecular formula is C17H29NO. The molecule has 3 atom stereocenters. The quantitative estimate of drug-likeness (QED) is 0.764. The predicted octanol–water partition coefficient (Wildman–Crippen LogP) is 3.67. The average molecular weight is 263 g/mol. The van der Waals surface area contributed by atoms with Crippen LogP contribution in [0.15, 0.2) is 12.2 Å². The second kappa shape index (κ2) is 5.97. The van der Waals surface area contributed by atoms with Gasteiger partial charge in [-0.25, -0.2) is 0 Å². The lowest BCUT2D eigenvalue weighted by molar-refractivity contribution is -0.130. The molecule has 0 bridgehead atoms. The summed E-state index contributed by atoms with van der Waals surface area (Å²) in [5.41, 5.74) is 0.501. The Morgan fingerprint density at radius 3 is 2.79 bits per heavy atom. The summed E-state index contributed by atoms with van der Waals surface area (Å²) in [5.74, 6) is 0.870. The smallest absolute Gasteiger partial charge is 0.0661 e. The highest BCUT2D eigenvalue weighted by Gasteiger charge is 2.56. The van der Waals surface area contributed by atoms with E-state index in [-0.39, 0.29) is 0 Å². The minimum atomic E-state index is 0.501. The van der Waals surface area contributed by atoms with E-state index in [1.165, 1.54) is 57.9 Å². The van der Waals surface area contributed by atoms with Crippen LogP contribution < -0.4 is 5.32 Å². The van der Waals surface area contributed by atoms with Crippen LogP contribution in [0.4, 0.5) is 0 Å². The third-order valence-corrected chi connectivity index (χ3v) is 5.72. The van der Waals surface area contributed by atoms with E-state index >= 15 is 0 Å². The fraction of sp³-hybridized carbons (Fsp3) is 0.882. The average Bonchev–Trinajstić information content (AvgIpc) is 2.95. The van der Waals surface area contributed by atoms with Gasteiger partial charge in [-0.1, -0.05) is 25.0 Å². The maximum Gasteiger partial charge on any atom is 0.0661 e. The van der Waals surface area contributed by atoms with Crippen LogP contribution in [0.2, 0.25) is 0 Å². The molecule has 3 rings (SSSR count). The molecule has 2 heteroatoms. The molecule has 0 aliphatic heterocycles. The molecule has 2 nitrogen and oxygen atoms in total. The van der Waals surface area contributed by atoms with Crippen LogP contribution in [-0.2, 0) is 4.74 Å². The van der Waals surface area contributed by atoms with E-state index in [2.05, 4.69) is 24.4 Å². The minimum Gasteiger partial charge on any atom is -0.378 e. The van der Waals surface area contributed by atoms with Gasteiger partial charge in [0.1, 0.15) is 0 Å². The molecule has 3 aliphatic rings. The fourth-order valence-electron chi connectivity index (χ4n) is 4.52. The maximum atomic E-state index is 5.99. The Balaban J connectivity index is 1.52. The lowest BCUT2D eigenvalue weighted by Crippen LogP contribution is -2.63. The Labute approximate surface area is 118 Å². The van der Waals surface area contributed by atoms with Gasteiger partial charge in [-0.15, -0.1) is 0 Å². The zero-order chi connectivity index (χ0) is 13.1. The van der Waals surface area contributed by atoms with Crippen molar-refractivity contribution in [3.8, 4) is 0 Å². The zero-order valence-electron chi connectivity index (χ0n) is 12.4. The number of allylic oxidation sites excluding steroid dienone is 2. The first-order valence-corrected chi connectivity index (χ1v) is 8.35. The van der Waals surface area contributed by atoms with Crippen molar-refractivity contribution >= 4 is 0 Å². The van der Waals surface area contributed by atoms with Gasteiger partial charge in [0.05, 0.1) is 6.10 Å². The molecule has 2 fully saturated rings. The summed E-state index contributed by atoms with van der Waals surface area (Å²) in [5, 5.41) is 3.90. The molecule has 3 aliphatic carbocycles. The van der Waals surface area contributed by atoms with E-state index in [9.17, 15) is 0 Å². The minimum absolute atomic E-state index is 0.501. The highest BCUT2D eigenvalue weighted by molar-refractivity contribution is 5.10. The number of rotatable bonds is 5. The Kier molecular flexibility index (Phi) is 4.28. The molecule has 0 radical (unpaired) electrons. The summed E-state index contributed by atoms with van der Waals surface area (Å²) in [6, 6.07) is 0.734. The summed E-state index contributed by atoms with van der Waals surface area (Å²) >= 11 is 0. The molecule has 1 N–H and O–H groups in total. The van der Waals surface area contributed by atoms with Crippen molar-refractivity contribution in [2.75, 3.05) is 13.2 Å². The lowest BCUT2D eigenvalue weighted by Gasteiger charge is -2.54. The number of nitrogens with one attached hydrogen (secondary N) is 1. The van der Waals surface area contributed by atoms with Crippen molar-refractivity contribution in [2.45, 2.75) is 70.4 Å². The van der Waals surface area contributed by atoms with Crippen LogP contribution in [0, 0.1) is 11.3 Å². The molecule has 0 aromatic carbocycles. The van der Waals surface area contributed by atoms with E-state index in [1.807, 2.05) is 0 Å². The first-order valence-electron chi connectivity index (χ1n) is 8.35. The fourth-order valence-corrected chi connectivity index (χ4v) is 4.52. The number of hydrogen-bond acceptors (Lipinski definition) is 2. The zero-order valence-corrected chi connectivity index (χ0v) is 12.4. The Morgan fingerprint density at radius 1 is 1.26 bits per heavy atom. The van der Waals surface area contributed by atoms with Gasteiger partial charge >= 0.3 is 0 Å². The van der Waals surface area contributed by atoms with Gasteiger partial charge in [0, 0.05) is 18.1 Å². The first-order chi connectivity index (χ1) is 9.35. The topological polar surface area (TPSA) is 21.3 Å². The van der Waals surface area contributed by atoms with Crippen LogP contribution in [0.25, 0.3) is 0 Å². The van der Waals surface area contributed by atoms with Crippen LogP contribution in [0.1, 0.15) is 58.3 Å². The van der Waals surface area contributed by atoms with Crippen molar-refractivity contribution in [2.24, 2.45) is 11.3 Å². The van der Waals surface area contributed by atoms with Gasteiger partial charge < -0.3 is 10.1 Å². The largest absolute Gasteiger partial charge is 0.378 e. The lowest BCUT2D eigenvalue weighted by atomic mass is 9.60. The van der Waals surface area contributed by atoms with E-state index in [0.29, 0.717) is 11.5 Å². The third-order valence-electron chi connectivity index (χ3n) is 5.72. The summed E-state index contributed by atoms with van der Waals surface area (Å²) in [4.78, 5) is 0. The SMILES string of the molecule is CCOC1CC(NCC2CC=CCC2)C12CCCC2. The highest BCUT2D eigenvalue weighted by atomic mass is 16.5. The first kappa shape index (κ1) is 13.6. The van der Waals surface area contributed by atoms with Crippen LogP contribution >= 0.6 is 0 Å². The van der Waals surface area contributed by atoms with Crippen molar-refractivity contribution in [3.05, 3.63) is 12.2 Å². The van der Waals surface area contributed by atoms with E-state index in [0.717, 1.165) is 18.6 Å². The van der Waals surface area contributed by atoms with Crippen LogP contribution in [-0.4, -0.2) is 25.3 Å². The molecule has 0 aromatic heterocycles. The highest BCUT2D eigenvalue weighted by Crippen LogP contribution is 2.54. The summed E-state index contributed by atoms with van der Waals surface area (Å²) < 4.78 is 5.99. The molecule has 0 amide bonds. The normalized spacial score (nSPS) is 36.6. The van der Waals surface area contributed by atoms with Crippen molar-refractivity contribution < 1.29 is 4.74 Å². The predicted molar refractivity (Wildman–Crippen MR) is 79.2 cm³/mol. The number of hydrogen-bond donors (Lipinski definition) is 1. The standard InChI is InChI=1S/C17H29NO/c1-2-19-16-12-15(17(16)10-6-7-11-17)18-13-14-8-4-3-5-9-14/h3-4,14-16,18H,2,5-13H2,1H3. The van der Waals surface area contributed by atoms with Crippen molar-refractivity contribution in [1.82, 2.24) is 5.32 Å². The van der Waals surface area contributed by atoms with Crippen molar-refractivity contribution in [1.29, 1.82) is 0 Å². The van der Waals surface area contributed by atoms with E-state index in [1.54, 1.807) is 0 Å². The molecule has 1 spiro atoms. The molecule has 2 saturated carbocycles. The number of ether oxygens (including phenoxy) is 1. The molecule has 0 saturated heterocycles. The van der Waals surface area contributed by atoms with Gasteiger partial charge in [0.2, 0.25) is 0 Å². The van der Waals surface area contributed by atoms with Crippen LogP contribution in [0.3, 0.4) is 0 Å². The molecule has 108 valence electrons. The molecule has 3 unspecified atom stereocenters. The second-order valence-corrected chi connectivity index (χ2v) is 6.73. The molecule has 19 heavy (non-hydrogen) atoms. The van der Waals surface area contributed by atoms with Crippen LogP contribution in [0.5, 0.6) is 0 Å². The summed E-state index contributed by atoms with van der Waals surface area (Å²) in [6.07, 6.45) is 16.0. The van der Waals surface area contributed by atoms with Gasteiger partial charge in [0.15, 0.2) is 0 Å². The monoisotopic (exact) mass is 263 g/mol. The Bertz CT molecular complexity index is 319.